The van der Waals surface area contributed by atoms with Crippen molar-refractivity contribution in [2.45, 2.75) is 6.61 Å². The zero-order valence-corrected chi connectivity index (χ0v) is 11.8. The first-order valence-electron chi connectivity index (χ1n) is 5.51. The van der Waals surface area contributed by atoms with E-state index in [1.165, 1.54) is 0 Å². The van der Waals surface area contributed by atoms with E-state index in [-0.39, 0.29) is 0 Å². The zero-order valence-electron chi connectivity index (χ0n) is 10.3. The molecule has 100 valence electrons. The molecule has 2 rings (SSSR count). The molecule has 0 aliphatic carbocycles. The molecule has 6 nitrogen and oxygen atoms in total. The van der Waals surface area contributed by atoms with Crippen molar-refractivity contribution in [3.05, 3.63) is 40.5 Å². The summed E-state index contributed by atoms with van der Waals surface area (Å²) in [5.41, 5.74) is 6.67. The highest BCUT2D eigenvalue weighted by molar-refractivity contribution is 9.10. The standard InChI is InChI=1S/C12H13BrN4O2/c1-19-7-9-10(13)11(15-12(14)18)17(16-9)8-5-3-2-4-6-8/h2-6H,7H2,1H3,(H3,14,15,18). The van der Waals surface area contributed by atoms with Crippen molar-refractivity contribution < 1.29 is 9.53 Å². The number of aromatic nitrogens is 2. The summed E-state index contributed by atoms with van der Waals surface area (Å²) >= 11 is 3.40. The molecule has 2 amide bonds. The Labute approximate surface area is 118 Å². The second kappa shape index (κ2) is 5.85. The molecular weight excluding hydrogens is 312 g/mol. The fourth-order valence-electron chi connectivity index (χ4n) is 1.65. The lowest BCUT2D eigenvalue weighted by Gasteiger charge is -2.07. The summed E-state index contributed by atoms with van der Waals surface area (Å²) in [6.07, 6.45) is 0. The molecule has 0 bridgehead atoms. The first kappa shape index (κ1) is 13.6. The summed E-state index contributed by atoms with van der Waals surface area (Å²) in [6, 6.07) is 8.77. The Balaban J connectivity index is 2.52. The van der Waals surface area contributed by atoms with Gasteiger partial charge in [0, 0.05) is 7.11 Å². The third-order valence-corrected chi connectivity index (χ3v) is 3.25. The van der Waals surface area contributed by atoms with Crippen molar-refractivity contribution in [2.24, 2.45) is 5.73 Å². The van der Waals surface area contributed by atoms with Gasteiger partial charge in [-0.2, -0.15) is 5.10 Å². The van der Waals surface area contributed by atoms with Gasteiger partial charge in [-0.15, -0.1) is 0 Å². The van der Waals surface area contributed by atoms with E-state index in [1.807, 2.05) is 30.3 Å². The number of benzene rings is 1. The Kier molecular flexibility index (Phi) is 4.18. The van der Waals surface area contributed by atoms with Crippen molar-refractivity contribution in [1.82, 2.24) is 9.78 Å². The third-order valence-electron chi connectivity index (χ3n) is 2.42. The van der Waals surface area contributed by atoms with E-state index in [2.05, 4.69) is 26.3 Å². The minimum absolute atomic E-state index is 0.327. The van der Waals surface area contributed by atoms with Gasteiger partial charge in [0.2, 0.25) is 0 Å². The van der Waals surface area contributed by atoms with Crippen molar-refractivity contribution in [2.75, 3.05) is 12.4 Å². The average molecular weight is 325 g/mol. The van der Waals surface area contributed by atoms with Crippen LogP contribution in [0.1, 0.15) is 5.69 Å². The maximum absolute atomic E-state index is 11.1. The smallest absolute Gasteiger partial charge is 0.317 e. The summed E-state index contributed by atoms with van der Waals surface area (Å²) < 4.78 is 7.32. The van der Waals surface area contributed by atoms with Crippen LogP contribution in [-0.4, -0.2) is 22.9 Å². The quantitative estimate of drug-likeness (QED) is 0.905. The van der Waals surface area contributed by atoms with E-state index < -0.39 is 6.03 Å². The fourth-order valence-corrected chi connectivity index (χ4v) is 2.11. The number of carbonyl (C=O) groups is 1. The minimum Gasteiger partial charge on any atom is -0.378 e. The lowest BCUT2D eigenvalue weighted by Crippen LogP contribution is -2.21. The van der Waals surface area contributed by atoms with Gasteiger partial charge < -0.3 is 10.5 Å². The predicted molar refractivity (Wildman–Crippen MR) is 75.2 cm³/mol. The Morgan fingerprint density at radius 3 is 2.74 bits per heavy atom. The number of amides is 2. The average Bonchev–Trinajstić information content (AvgIpc) is 2.69. The maximum atomic E-state index is 11.1. The van der Waals surface area contributed by atoms with Crippen molar-refractivity contribution in [3.8, 4) is 5.69 Å². The lowest BCUT2D eigenvalue weighted by atomic mass is 10.3. The van der Waals surface area contributed by atoms with Crippen molar-refractivity contribution in [1.29, 1.82) is 0 Å². The van der Waals surface area contributed by atoms with Crippen LogP contribution in [-0.2, 0) is 11.3 Å². The van der Waals surface area contributed by atoms with Gasteiger partial charge in [-0.1, -0.05) is 18.2 Å². The molecule has 0 radical (unpaired) electrons. The van der Waals surface area contributed by atoms with Crippen LogP contribution in [0.2, 0.25) is 0 Å². The molecular formula is C12H13BrN4O2. The largest absolute Gasteiger partial charge is 0.378 e. The number of hydrogen-bond acceptors (Lipinski definition) is 3. The first-order chi connectivity index (χ1) is 9.13. The molecule has 1 aromatic carbocycles. The highest BCUT2D eigenvalue weighted by atomic mass is 79.9. The number of anilines is 1. The van der Waals surface area contributed by atoms with Crippen molar-refractivity contribution >= 4 is 27.8 Å². The number of halogens is 1. The third kappa shape index (κ3) is 2.94. The van der Waals surface area contributed by atoms with Gasteiger partial charge >= 0.3 is 6.03 Å². The molecule has 0 aliphatic rings. The normalized spacial score (nSPS) is 10.4. The fraction of sp³-hybridized carbons (Fsp3) is 0.167. The molecule has 0 fully saturated rings. The van der Waals surface area contributed by atoms with Gasteiger partial charge in [0.05, 0.1) is 16.8 Å². The number of hydrogen-bond donors (Lipinski definition) is 2. The van der Waals surface area contributed by atoms with E-state index in [0.717, 1.165) is 5.69 Å². The monoisotopic (exact) mass is 324 g/mol. The minimum atomic E-state index is -0.651. The summed E-state index contributed by atoms with van der Waals surface area (Å²) in [5, 5.41) is 6.95. The molecule has 0 spiro atoms. The second-order valence-corrected chi connectivity index (χ2v) is 4.57. The predicted octanol–water partition coefficient (Wildman–Crippen LogP) is 2.27. The van der Waals surface area contributed by atoms with Crippen molar-refractivity contribution in [3.63, 3.8) is 0 Å². The number of primary amides is 1. The number of nitrogens with one attached hydrogen (secondary N) is 1. The van der Waals surface area contributed by atoms with E-state index in [1.54, 1.807) is 11.8 Å². The number of nitrogens with two attached hydrogens (primary N) is 1. The van der Waals surface area contributed by atoms with Crippen LogP contribution in [0.3, 0.4) is 0 Å². The number of nitrogens with zero attached hydrogens (tertiary/aromatic N) is 2. The van der Waals surface area contributed by atoms with Gasteiger partial charge in [0.1, 0.15) is 5.69 Å². The molecule has 3 N–H and O–H groups in total. The molecule has 7 heteroatoms. The molecule has 1 aromatic heterocycles. The Morgan fingerprint density at radius 2 is 2.16 bits per heavy atom. The molecule has 0 atom stereocenters. The topological polar surface area (TPSA) is 82.2 Å². The number of rotatable bonds is 4. The number of urea groups is 1. The molecule has 1 heterocycles. The van der Waals surface area contributed by atoms with Crippen LogP contribution >= 0.6 is 15.9 Å². The van der Waals surface area contributed by atoms with Crippen LogP contribution < -0.4 is 11.1 Å². The Hall–Kier alpha value is -1.86. The lowest BCUT2D eigenvalue weighted by molar-refractivity contribution is 0.180. The molecule has 0 saturated heterocycles. The second-order valence-electron chi connectivity index (χ2n) is 3.78. The summed E-state index contributed by atoms with van der Waals surface area (Å²) in [7, 11) is 1.58. The Bertz CT molecular complexity index is 583. The van der Waals surface area contributed by atoms with Gasteiger partial charge in [0.25, 0.3) is 0 Å². The van der Waals surface area contributed by atoms with Crippen LogP contribution in [0, 0.1) is 0 Å². The Morgan fingerprint density at radius 1 is 1.47 bits per heavy atom. The van der Waals surface area contributed by atoms with E-state index in [9.17, 15) is 4.79 Å². The van der Waals surface area contributed by atoms with Crippen LogP contribution in [0.4, 0.5) is 10.6 Å². The number of carbonyl (C=O) groups excluding carboxylic acids is 1. The molecule has 19 heavy (non-hydrogen) atoms. The first-order valence-corrected chi connectivity index (χ1v) is 6.31. The summed E-state index contributed by atoms with van der Waals surface area (Å²) in [6.45, 7) is 0.327. The highest BCUT2D eigenvalue weighted by Crippen LogP contribution is 2.29. The van der Waals surface area contributed by atoms with Gasteiger partial charge in [0.15, 0.2) is 5.82 Å². The van der Waals surface area contributed by atoms with E-state index >= 15 is 0 Å². The van der Waals surface area contributed by atoms with Crippen LogP contribution in [0.5, 0.6) is 0 Å². The zero-order chi connectivity index (χ0) is 13.8. The van der Waals surface area contributed by atoms with Gasteiger partial charge in [-0.3, -0.25) is 5.32 Å². The van der Waals surface area contributed by atoms with Gasteiger partial charge in [-0.25, -0.2) is 9.48 Å². The van der Waals surface area contributed by atoms with Crippen LogP contribution in [0.25, 0.3) is 5.69 Å². The van der Waals surface area contributed by atoms with Gasteiger partial charge in [-0.05, 0) is 28.1 Å². The SMILES string of the molecule is COCc1nn(-c2ccccc2)c(NC(N)=O)c1Br. The molecule has 0 saturated carbocycles. The summed E-state index contributed by atoms with van der Waals surface area (Å²) in [4.78, 5) is 11.1. The summed E-state index contributed by atoms with van der Waals surface area (Å²) in [5.74, 6) is 0.478. The molecule has 0 aliphatic heterocycles. The highest BCUT2D eigenvalue weighted by Gasteiger charge is 2.17. The maximum Gasteiger partial charge on any atom is 0.317 e. The number of methoxy groups -OCH3 is 1. The number of para-hydroxylation sites is 1. The molecule has 0 unspecified atom stereocenters. The molecule has 2 aromatic rings. The van der Waals surface area contributed by atoms with Crippen LogP contribution in [0.15, 0.2) is 34.8 Å². The van der Waals surface area contributed by atoms with E-state index in [4.69, 9.17) is 10.5 Å². The van der Waals surface area contributed by atoms with E-state index in [0.29, 0.717) is 22.6 Å². The number of ether oxygens (including phenoxy) is 1.